The van der Waals surface area contributed by atoms with Gasteiger partial charge in [-0.2, -0.15) is 13.2 Å². The molecule has 0 aliphatic carbocycles. The Morgan fingerprint density at radius 1 is 1.08 bits per heavy atom. The molecule has 3 aliphatic heterocycles. The fourth-order valence-corrected chi connectivity index (χ4v) is 6.19. The summed E-state index contributed by atoms with van der Waals surface area (Å²) in [5.41, 5.74) is 0.0238. The second-order valence-electron chi connectivity index (χ2n) is 10.7. The predicted octanol–water partition coefficient (Wildman–Crippen LogP) is 3.89. The number of carbonyl (C=O) groups is 3. The standard InChI is InChI=1S/C24H34FN3O2.C2HF3O2/c1-4-27-13-10-24(22(27)30)17-26(15-18(2)3)16-23(24)8-11-28(12-9-23)21(29)19-6-5-7-20(25)14-19;3-2(4,5)1(6)7/h5-7,14,18H,4,8-13,15-17H2,1-3H3;(H,6,7). The number of carboxylic acid groups (broad SMARTS) is 1. The summed E-state index contributed by atoms with van der Waals surface area (Å²) in [5, 5.41) is 7.12. The maximum Gasteiger partial charge on any atom is 0.490 e. The monoisotopic (exact) mass is 529 g/mol. The van der Waals surface area contributed by atoms with Gasteiger partial charge < -0.3 is 19.8 Å². The molecule has 7 nitrogen and oxygen atoms in total. The number of fused-ring (bicyclic) bond motifs is 1. The van der Waals surface area contributed by atoms with Crippen LogP contribution < -0.4 is 0 Å². The van der Waals surface area contributed by atoms with Crippen molar-refractivity contribution in [2.24, 2.45) is 16.7 Å². The van der Waals surface area contributed by atoms with Crippen LogP contribution in [0, 0.1) is 22.6 Å². The predicted molar refractivity (Wildman–Crippen MR) is 128 cm³/mol. The van der Waals surface area contributed by atoms with Crippen LogP contribution in [0.25, 0.3) is 0 Å². The van der Waals surface area contributed by atoms with Crippen molar-refractivity contribution in [1.82, 2.24) is 14.7 Å². The average molecular weight is 530 g/mol. The number of aliphatic carboxylic acids is 1. The van der Waals surface area contributed by atoms with Gasteiger partial charge in [0, 0.05) is 56.8 Å². The van der Waals surface area contributed by atoms with Gasteiger partial charge >= 0.3 is 12.1 Å². The number of piperidine rings is 1. The first-order valence-electron chi connectivity index (χ1n) is 12.6. The van der Waals surface area contributed by atoms with Gasteiger partial charge in [-0.3, -0.25) is 9.59 Å². The lowest BCUT2D eigenvalue weighted by molar-refractivity contribution is -0.192. The fourth-order valence-electron chi connectivity index (χ4n) is 6.19. The van der Waals surface area contributed by atoms with E-state index in [0.717, 1.165) is 52.0 Å². The van der Waals surface area contributed by atoms with E-state index in [9.17, 15) is 27.2 Å². The highest BCUT2D eigenvalue weighted by molar-refractivity contribution is 5.94. The molecule has 2 amide bonds. The maximum absolute atomic E-state index is 13.6. The van der Waals surface area contributed by atoms with Crippen molar-refractivity contribution in [3.05, 3.63) is 35.6 Å². The maximum atomic E-state index is 13.6. The number of benzene rings is 1. The zero-order valence-corrected chi connectivity index (χ0v) is 21.5. The van der Waals surface area contributed by atoms with Crippen LogP contribution in [-0.4, -0.2) is 89.6 Å². The van der Waals surface area contributed by atoms with Crippen LogP contribution in [0.4, 0.5) is 17.6 Å². The van der Waals surface area contributed by atoms with Crippen molar-refractivity contribution in [3.63, 3.8) is 0 Å². The summed E-state index contributed by atoms with van der Waals surface area (Å²) in [6.07, 6.45) is -2.48. The number of halogens is 4. The van der Waals surface area contributed by atoms with Gasteiger partial charge in [0.05, 0.1) is 5.41 Å². The molecule has 2 spiro atoms. The first kappa shape index (κ1) is 28.9. The van der Waals surface area contributed by atoms with Gasteiger partial charge in [0.1, 0.15) is 5.82 Å². The number of nitrogens with zero attached hydrogens (tertiary/aromatic N) is 3. The lowest BCUT2D eigenvalue weighted by atomic mass is 9.60. The topological polar surface area (TPSA) is 81.2 Å². The third-order valence-electron chi connectivity index (χ3n) is 7.87. The molecule has 1 N–H and O–H groups in total. The zero-order valence-electron chi connectivity index (χ0n) is 21.5. The molecule has 0 bridgehead atoms. The van der Waals surface area contributed by atoms with E-state index in [-0.39, 0.29) is 22.6 Å². The van der Waals surface area contributed by atoms with Gasteiger partial charge in [0.15, 0.2) is 0 Å². The summed E-state index contributed by atoms with van der Waals surface area (Å²) < 4.78 is 45.3. The van der Waals surface area contributed by atoms with E-state index in [0.29, 0.717) is 30.5 Å². The number of rotatable bonds is 4. The Kier molecular flexibility index (Phi) is 8.56. The van der Waals surface area contributed by atoms with Gasteiger partial charge in [-0.05, 0) is 50.3 Å². The van der Waals surface area contributed by atoms with E-state index >= 15 is 0 Å². The molecular weight excluding hydrogens is 494 g/mol. The van der Waals surface area contributed by atoms with Gasteiger partial charge in [-0.15, -0.1) is 0 Å². The quantitative estimate of drug-likeness (QED) is 0.599. The molecule has 0 saturated carbocycles. The van der Waals surface area contributed by atoms with E-state index in [2.05, 4.69) is 25.7 Å². The third kappa shape index (κ3) is 5.91. The number of amides is 2. The number of hydrogen-bond acceptors (Lipinski definition) is 4. The van der Waals surface area contributed by atoms with Crippen molar-refractivity contribution in [2.75, 3.05) is 45.8 Å². The molecule has 37 heavy (non-hydrogen) atoms. The number of alkyl halides is 3. The average Bonchev–Trinajstić information content (AvgIpc) is 3.30. The second kappa shape index (κ2) is 11.0. The highest BCUT2D eigenvalue weighted by atomic mass is 19.4. The number of likely N-dealkylation sites (tertiary alicyclic amines) is 3. The van der Waals surface area contributed by atoms with Crippen molar-refractivity contribution in [2.45, 2.75) is 46.2 Å². The molecule has 206 valence electrons. The molecule has 0 radical (unpaired) electrons. The van der Waals surface area contributed by atoms with Gasteiger partial charge in [0.2, 0.25) is 5.91 Å². The minimum absolute atomic E-state index is 0.0678. The van der Waals surface area contributed by atoms with Crippen LogP contribution in [0.2, 0.25) is 0 Å². The van der Waals surface area contributed by atoms with E-state index in [1.165, 1.54) is 12.1 Å². The number of hydrogen-bond donors (Lipinski definition) is 1. The first-order chi connectivity index (χ1) is 17.2. The zero-order chi connectivity index (χ0) is 27.6. The van der Waals surface area contributed by atoms with Gasteiger partial charge in [0.25, 0.3) is 5.91 Å². The van der Waals surface area contributed by atoms with E-state index in [4.69, 9.17) is 9.90 Å². The van der Waals surface area contributed by atoms with Crippen molar-refractivity contribution >= 4 is 17.8 Å². The molecule has 0 aromatic heterocycles. The Bertz CT molecular complexity index is 1010. The summed E-state index contributed by atoms with van der Waals surface area (Å²) in [6.45, 7) is 12.2. The molecule has 3 heterocycles. The third-order valence-corrected chi connectivity index (χ3v) is 7.87. The van der Waals surface area contributed by atoms with E-state index in [1.807, 2.05) is 9.80 Å². The Balaban J connectivity index is 0.000000479. The molecule has 1 unspecified atom stereocenters. The summed E-state index contributed by atoms with van der Waals surface area (Å²) in [5.74, 6) is -2.37. The summed E-state index contributed by atoms with van der Waals surface area (Å²) in [7, 11) is 0. The fraction of sp³-hybridized carbons (Fsp3) is 0.654. The van der Waals surface area contributed by atoms with E-state index < -0.39 is 12.1 Å². The Morgan fingerprint density at radius 2 is 1.70 bits per heavy atom. The molecule has 3 saturated heterocycles. The van der Waals surface area contributed by atoms with Crippen LogP contribution in [0.15, 0.2) is 24.3 Å². The molecule has 4 rings (SSSR count). The van der Waals surface area contributed by atoms with Crippen LogP contribution in [0.1, 0.15) is 50.4 Å². The largest absolute Gasteiger partial charge is 0.490 e. The lowest BCUT2D eigenvalue weighted by Crippen LogP contribution is -2.53. The molecule has 1 aromatic rings. The van der Waals surface area contributed by atoms with Crippen molar-refractivity contribution < 1.29 is 37.1 Å². The highest BCUT2D eigenvalue weighted by Gasteiger charge is 2.64. The van der Waals surface area contributed by atoms with Crippen molar-refractivity contribution in [1.29, 1.82) is 0 Å². The van der Waals surface area contributed by atoms with Crippen LogP contribution in [-0.2, 0) is 9.59 Å². The van der Waals surface area contributed by atoms with Gasteiger partial charge in [-0.1, -0.05) is 19.9 Å². The second-order valence-corrected chi connectivity index (χ2v) is 10.7. The Hall–Kier alpha value is -2.69. The minimum atomic E-state index is -5.08. The smallest absolute Gasteiger partial charge is 0.475 e. The van der Waals surface area contributed by atoms with Crippen LogP contribution >= 0.6 is 0 Å². The lowest BCUT2D eigenvalue weighted by Gasteiger charge is -2.47. The molecule has 3 fully saturated rings. The first-order valence-corrected chi connectivity index (χ1v) is 12.6. The summed E-state index contributed by atoms with van der Waals surface area (Å²) in [6, 6.07) is 5.93. The molecule has 1 aromatic carbocycles. The highest BCUT2D eigenvalue weighted by Crippen LogP contribution is 2.58. The SMILES string of the molecule is CCN1CCC2(CN(CC(C)C)CC23CCN(C(=O)c2cccc(F)c2)CC3)C1=O.O=C(O)C(F)(F)F. The molecule has 3 aliphatic rings. The molecule has 11 heteroatoms. The summed E-state index contributed by atoms with van der Waals surface area (Å²) >= 11 is 0. The van der Waals surface area contributed by atoms with Crippen LogP contribution in [0.5, 0.6) is 0 Å². The summed E-state index contributed by atoms with van der Waals surface area (Å²) in [4.78, 5) is 41.7. The molecule has 1 atom stereocenters. The van der Waals surface area contributed by atoms with E-state index in [1.54, 1.807) is 12.1 Å². The van der Waals surface area contributed by atoms with Crippen LogP contribution in [0.3, 0.4) is 0 Å². The Morgan fingerprint density at radius 3 is 2.19 bits per heavy atom. The number of carboxylic acids is 1. The Labute approximate surface area is 214 Å². The van der Waals surface area contributed by atoms with Crippen molar-refractivity contribution in [3.8, 4) is 0 Å². The normalized spacial score (nSPS) is 23.6. The minimum Gasteiger partial charge on any atom is -0.475 e. The van der Waals surface area contributed by atoms with Gasteiger partial charge in [-0.25, -0.2) is 9.18 Å². The molecular formula is C26H35F4N3O4. The number of carbonyl (C=O) groups excluding carboxylic acids is 2.